The Morgan fingerprint density at radius 3 is 2.48 bits per heavy atom. The summed E-state index contributed by atoms with van der Waals surface area (Å²) in [6, 6.07) is 10.8. The van der Waals surface area contributed by atoms with Crippen molar-refractivity contribution in [2.24, 2.45) is 0 Å². The Morgan fingerprint density at radius 1 is 1.04 bits per heavy atom. The van der Waals surface area contributed by atoms with Gasteiger partial charge in [0.15, 0.2) is 11.5 Å². The van der Waals surface area contributed by atoms with Gasteiger partial charge in [-0.3, -0.25) is 9.59 Å². The van der Waals surface area contributed by atoms with Gasteiger partial charge in [-0.25, -0.2) is 4.39 Å². The fraction of sp³-hybridized carbons (Fsp3) is 0.300. The van der Waals surface area contributed by atoms with Gasteiger partial charge in [0.2, 0.25) is 12.7 Å². The summed E-state index contributed by atoms with van der Waals surface area (Å²) in [6.07, 6.45) is 0. The van der Waals surface area contributed by atoms with Crippen molar-refractivity contribution in [2.45, 2.75) is 19.3 Å². The van der Waals surface area contributed by atoms with E-state index >= 15 is 0 Å². The number of ether oxygens (including phenoxy) is 2. The van der Waals surface area contributed by atoms with Crippen LogP contribution < -0.4 is 20.1 Å². The van der Waals surface area contributed by atoms with Crippen LogP contribution in [0.1, 0.15) is 29.8 Å². The fourth-order valence-electron chi connectivity index (χ4n) is 2.67. The summed E-state index contributed by atoms with van der Waals surface area (Å²) in [5, 5.41) is 5.34. The molecule has 0 unspecified atom stereocenters. The van der Waals surface area contributed by atoms with Gasteiger partial charge in [0.05, 0.1) is 6.54 Å². The van der Waals surface area contributed by atoms with Crippen molar-refractivity contribution in [3.63, 3.8) is 0 Å². The van der Waals surface area contributed by atoms with Gasteiger partial charge in [0.1, 0.15) is 5.82 Å². The smallest absolute Gasteiger partial charge is 0.251 e. The van der Waals surface area contributed by atoms with Gasteiger partial charge in [0.25, 0.3) is 5.91 Å². The van der Waals surface area contributed by atoms with E-state index in [-0.39, 0.29) is 24.7 Å². The summed E-state index contributed by atoms with van der Waals surface area (Å²) in [7, 11) is 0. The summed E-state index contributed by atoms with van der Waals surface area (Å²) in [5.41, 5.74) is 0.963. The molecular weight excluding hydrogens is 351 g/mol. The normalized spacial score (nSPS) is 12.6. The van der Waals surface area contributed by atoms with Crippen molar-refractivity contribution in [1.29, 1.82) is 0 Å². The molecule has 0 spiro atoms. The number of halogens is 1. The molecule has 0 atom stereocenters. The first-order valence-corrected chi connectivity index (χ1v) is 8.56. The highest BCUT2D eigenvalue weighted by Gasteiger charge is 2.24. The summed E-state index contributed by atoms with van der Waals surface area (Å²) in [5.74, 6) is 0.245. The van der Waals surface area contributed by atoms with E-state index in [1.54, 1.807) is 0 Å². The Hall–Kier alpha value is -3.09. The molecule has 0 aliphatic carbocycles. The molecule has 0 fully saturated rings. The van der Waals surface area contributed by atoms with E-state index in [4.69, 9.17) is 9.47 Å². The maximum absolute atomic E-state index is 12.9. The molecule has 0 saturated carbocycles. The molecule has 142 valence electrons. The number of hydrogen-bond donors (Lipinski definition) is 2. The van der Waals surface area contributed by atoms with Crippen molar-refractivity contribution in [1.82, 2.24) is 10.6 Å². The average Bonchev–Trinajstić information content (AvgIpc) is 3.13. The van der Waals surface area contributed by atoms with Crippen molar-refractivity contribution in [3.8, 4) is 11.5 Å². The molecular formula is C20H21FN2O4. The van der Waals surface area contributed by atoms with Gasteiger partial charge in [-0.05, 0) is 42.0 Å². The van der Waals surface area contributed by atoms with E-state index in [2.05, 4.69) is 10.6 Å². The first-order chi connectivity index (χ1) is 12.8. The van der Waals surface area contributed by atoms with Crippen LogP contribution in [0, 0.1) is 5.82 Å². The second-order valence-electron chi connectivity index (χ2n) is 6.92. The second kappa shape index (κ2) is 7.65. The van der Waals surface area contributed by atoms with Gasteiger partial charge >= 0.3 is 0 Å². The number of carbonyl (C=O) groups is 2. The Balaban J connectivity index is 1.50. The number of benzene rings is 2. The zero-order chi connectivity index (χ0) is 19.4. The summed E-state index contributed by atoms with van der Waals surface area (Å²) < 4.78 is 23.6. The lowest BCUT2D eigenvalue weighted by atomic mass is 9.84. The minimum atomic E-state index is -0.430. The predicted molar refractivity (Wildman–Crippen MR) is 97.3 cm³/mol. The minimum Gasteiger partial charge on any atom is -0.454 e. The second-order valence-corrected chi connectivity index (χ2v) is 6.92. The van der Waals surface area contributed by atoms with Crippen LogP contribution in [0.25, 0.3) is 0 Å². The molecule has 2 N–H and O–H groups in total. The Kier molecular flexibility index (Phi) is 5.30. The van der Waals surface area contributed by atoms with Gasteiger partial charge < -0.3 is 20.1 Å². The third kappa shape index (κ3) is 4.55. The van der Waals surface area contributed by atoms with E-state index < -0.39 is 11.7 Å². The fourth-order valence-corrected chi connectivity index (χ4v) is 2.67. The molecule has 2 amide bonds. The summed E-state index contributed by atoms with van der Waals surface area (Å²) in [6.45, 7) is 4.44. The lowest BCUT2D eigenvalue weighted by Gasteiger charge is -2.26. The van der Waals surface area contributed by atoms with Crippen LogP contribution in [0.5, 0.6) is 11.5 Å². The maximum Gasteiger partial charge on any atom is 0.251 e. The van der Waals surface area contributed by atoms with Crippen LogP contribution in [-0.2, 0) is 10.2 Å². The zero-order valence-electron chi connectivity index (χ0n) is 15.2. The van der Waals surface area contributed by atoms with E-state index in [9.17, 15) is 14.0 Å². The number of amides is 2. The molecule has 27 heavy (non-hydrogen) atoms. The average molecular weight is 372 g/mol. The largest absolute Gasteiger partial charge is 0.454 e. The van der Waals surface area contributed by atoms with Gasteiger partial charge in [-0.1, -0.05) is 19.9 Å². The van der Waals surface area contributed by atoms with E-state index in [1.165, 1.54) is 24.3 Å². The van der Waals surface area contributed by atoms with Crippen LogP contribution >= 0.6 is 0 Å². The highest BCUT2D eigenvalue weighted by molar-refractivity contribution is 5.96. The van der Waals surface area contributed by atoms with Crippen LogP contribution in [0.4, 0.5) is 4.39 Å². The molecule has 0 saturated heterocycles. The van der Waals surface area contributed by atoms with E-state index in [1.807, 2.05) is 32.0 Å². The molecule has 2 aromatic carbocycles. The van der Waals surface area contributed by atoms with Crippen molar-refractivity contribution in [2.75, 3.05) is 19.9 Å². The zero-order valence-corrected chi connectivity index (χ0v) is 15.2. The molecule has 6 nitrogen and oxygen atoms in total. The van der Waals surface area contributed by atoms with Crippen molar-refractivity contribution < 1.29 is 23.5 Å². The Morgan fingerprint density at radius 2 is 1.74 bits per heavy atom. The molecule has 2 aromatic rings. The maximum atomic E-state index is 12.9. The molecule has 3 rings (SSSR count). The summed E-state index contributed by atoms with van der Waals surface area (Å²) in [4.78, 5) is 24.0. The van der Waals surface area contributed by atoms with Crippen LogP contribution in [0.15, 0.2) is 42.5 Å². The van der Waals surface area contributed by atoms with Gasteiger partial charge in [0, 0.05) is 17.5 Å². The number of rotatable bonds is 6. The van der Waals surface area contributed by atoms with Crippen molar-refractivity contribution in [3.05, 3.63) is 59.4 Å². The molecule has 7 heteroatoms. The summed E-state index contributed by atoms with van der Waals surface area (Å²) >= 11 is 0. The first kappa shape index (κ1) is 18.7. The molecule has 0 aromatic heterocycles. The number of nitrogens with one attached hydrogen (secondary N) is 2. The molecule has 0 radical (unpaired) electrons. The highest BCUT2D eigenvalue weighted by atomic mass is 19.1. The minimum absolute atomic E-state index is 0.159. The Labute approximate surface area is 156 Å². The van der Waals surface area contributed by atoms with Crippen molar-refractivity contribution >= 4 is 11.8 Å². The standard InChI is InChI=1S/C20H21FN2O4/c1-20(2,14-5-8-16-17(9-14)27-12-26-16)11-23-18(24)10-22-19(25)13-3-6-15(21)7-4-13/h3-9H,10-12H2,1-2H3,(H,22,25)(H,23,24). The molecule has 1 aliphatic rings. The predicted octanol–water partition coefficient (Wildman–Crippen LogP) is 2.38. The molecule has 0 bridgehead atoms. The lowest BCUT2D eigenvalue weighted by molar-refractivity contribution is -0.120. The van der Waals surface area contributed by atoms with Gasteiger partial charge in [-0.15, -0.1) is 0 Å². The van der Waals surface area contributed by atoms with Crippen LogP contribution in [0.3, 0.4) is 0 Å². The third-order valence-corrected chi connectivity index (χ3v) is 4.40. The number of fused-ring (bicyclic) bond motifs is 1. The SMILES string of the molecule is CC(C)(CNC(=O)CNC(=O)c1ccc(F)cc1)c1ccc2c(c1)OCO2. The topological polar surface area (TPSA) is 76.7 Å². The first-order valence-electron chi connectivity index (χ1n) is 8.56. The number of hydrogen-bond acceptors (Lipinski definition) is 4. The monoisotopic (exact) mass is 372 g/mol. The highest BCUT2D eigenvalue weighted by Crippen LogP contribution is 2.36. The quantitative estimate of drug-likeness (QED) is 0.816. The van der Waals surface area contributed by atoms with E-state index in [0.717, 1.165) is 5.56 Å². The van der Waals surface area contributed by atoms with Crippen LogP contribution in [-0.4, -0.2) is 31.7 Å². The van der Waals surface area contributed by atoms with E-state index in [0.29, 0.717) is 23.6 Å². The van der Waals surface area contributed by atoms with Gasteiger partial charge in [-0.2, -0.15) is 0 Å². The Bertz CT molecular complexity index is 850. The van der Waals surface area contributed by atoms with Crippen LogP contribution in [0.2, 0.25) is 0 Å². The lowest BCUT2D eigenvalue weighted by Crippen LogP contribution is -2.42. The molecule has 1 heterocycles. The third-order valence-electron chi connectivity index (χ3n) is 4.40. The molecule has 1 aliphatic heterocycles. The number of carbonyl (C=O) groups excluding carboxylic acids is 2.